The monoisotopic (exact) mass is 417 g/mol. The van der Waals surface area contributed by atoms with Crippen molar-refractivity contribution >= 4 is 29.6 Å². The van der Waals surface area contributed by atoms with E-state index in [9.17, 15) is 29.1 Å². The van der Waals surface area contributed by atoms with Gasteiger partial charge in [0.05, 0.1) is 18.7 Å². The molecule has 9 N–H and O–H groups in total. The van der Waals surface area contributed by atoms with Gasteiger partial charge in [-0.25, -0.2) is 4.79 Å². The predicted molar refractivity (Wildman–Crippen MR) is 102 cm³/mol. The van der Waals surface area contributed by atoms with Crippen LogP contribution in [0.4, 0.5) is 0 Å². The fourth-order valence-corrected chi connectivity index (χ4v) is 2.24. The normalized spacial score (nSPS) is 15.9. The van der Waals surface area contributed by atoms with Gasteiger partial charge in [-0.05, 0) is 19.3 Å². The highest BCUT2D eigenvalue weighted by atomic mass is 16.4. The van der Waals surface area contributed by atoms with Gasteiger partial charge in [0, 0.05) is 6.42 Å². The molecule has 0 aliphatic carbocycles. The number of aliphatic hydroxyl groups is 1. The Morgan fingerprint density at radius 1 is 1.03 bits per heavy atom. The number of carboxylic acids is 1. The van der Waals surface area contributed by atoms with Crippen LogP contribution in [0.3, 0.4) is 0 Å². The van der Waals surface area contributed by atoms with E-state index >= 15 is 0 Å². The van der Waals surface area contributed by atoms with Crippen LogP contribution in [-0.4, -0.2) is 70.6 Å². The second-order valence-corrected chi connectivity index (χ2v) is 6.82. The summed E-state index contributed by atoms with van der Waals surface area (Å²) in [6, 6.07) is -3.71. The van der Waals surface area contributed by atoms with Gasteiger partial charge in [0.1, 0.15) is 6.04 Å². The highest BCUT2D eigenvalue weighted by molar-refractivity contribution is 5.93. The predicted octanol–water partition coefficient (Wildman–Crippen LogP) is -2.82. The van der Waals surface area contributed by atoms with Crippen molar-refractivity contribution in [3.05, 3.63) is 0 Å². The Hall–Kier alpha value is -2.73. The number of amides is 4. The lowest BCUT2D eigenvalue weighted by Crippen LogP contribution is -2.56. The molecule has 0 saturated carbocycles. The van der Waals surface area contributed by atoms with E-state index in [1.54, 1.807) is 6.92 Å². The number of carboxylic acid groups (broad SMARTS) is 1. The molecule has 0 aromatic heterocycles. The number of aliphatic carboxylic acids is 1. The first-order valence-electron chi connectivity index (χ1n) is 9.22. The van der Waals surface area contributed by atoms with Crippen molar-refractivity contribution in [2.45, 2.75) is 64.3 Å². The third-order valence-electron chi connectivity index (χ3n) is 4.36. The molecule has 12 nitrogen and oxygen atoms in total. The molecular weight excluding hydrogens is 386 g/mol. The summed E-state index contributed by atoms with van der Waals surface area (Å²) < 4.78 is 0. The first-order valence-corrected chi connectivity index (χ1v) is 9.22. The summed E-state index contributed by atoms with van der Waals surface area (Å²) >= 11 is 0. The van der Waals surface area contributed by atoms with Gasteiger partial charge in [-0.2, -0.15) is 0 Å². The van der Waals surface area contributed by atoms with Crippen LogP contribution >= 0.6 is 0 Å². The highest BCUT2D eigenvalue weighted by Gasteiger charge is 2.29. The Morgan fingerprint density at radius 2 is 1.62 bits per heavy atom. The molecule has 0 aliphatic heterocycles. The molecular formula is C17H31N5O7. The summed E-state index contributed by atoms with van der Waals surface area (Å²) in [6.07, 6.45) is -1.18. The molecule has 0 rings (SSSR count). The zero-order chi connectivity index (χ0) is 22.7. The third-order valence-corrected chi connectivity index (χ3v) is 4.36. The molecule has 0 radical (unpaired) electrons. The van der Waals surface area contributed by atoms with Crippen molar-refractivity contribution in [3.8, 4) is 0 Å². The standard InChI is InChI=1S/C17H31N5O7/c1-4-8(2)13(19)16(27)20-7-12(25)21-10(5-6-11(18)24)15(26)22-14(9(3)23)17(28)29/h8-10,13-14,23H,4-7,19H2,1-3H3,(H2,18,24)(H,20,27)(H,21,25)(H,22,26)(H,28,29). The lowest BCUT2D eigenvalue weighted by Gasteiger charge is -2.23. The maximum atomic E-state index is 12.3. The van der Waals surface area contributed by atoms with Crippen molar-refractivity contribution in [2.75, 3.05) is 6.54 Å². The first-order chi connectivity index (χ1) is 13.4. The quantitative estimate of drug-likeness (QED) is 0.165. The lowest BCUT2D eigenvalue weighted by atomic mass is 9.99. The summed E-state index contributed by atoms with van der Waals surface area (Å²) in [5, 5.41) is 25.2. The molecule has 12 heteroatoms. The minimum Gasteiger partial charge on any atom is -0.480 e. The molecule has 0 aromatic rings. The SMILES string of the molecule is CCC(C)C(N)C(=O)NCC(=O)NC(CCC(N)=O)C(=O)NC(C(=O)O)C(C)O. The maximum Gasteiger partial charge on any atom is 0.328 e. The second-order valence-electron chi connectivity index (χ2n) is 6.82. The molecule has 29 heavy (non-hydrogen) atoms. The second kappa shape index (κ2) is 12.7. The molecule has 166 valence electrons. The number of carbonyl (C=O) groups excluding carboxylic acids is 4. The van der Waals surface area contributed by atoms with Gasteiger partial charge in [0.25, 0.3) is 0 Å². The van der Waals surface area contributed by atoms with E-state index in [1.165, 1.54) is 6.92 Å². The Morgan fingerprint density at radius 3 is 2.07 bits per heavy atom. The van der Waals surface area contributed by atoms with Crippen LogP contribution in [0.5, 0.6) is 0 Å². The van der Waals surface area contributed by atoms with E-state index < -0.39 is 60.4 Å². The minimum atomic E-state index is -1.61. The summed E-state index contributed by atoms with van der Waals surface area (Å²) in [5.41, 5.74) is 10.8. The van der Waals surface area contributed by atoms with Crippen LogP contribution in [0.15, 0.2) is 0 Å². The number of hydrogen-bond donors (Lipinski definition) is 7. The molecule has 5 unspecified atom stereocenters. The van der Waals surface area contributed by atoms with Crippen molar-refractivity contribution in [2.24, 2.45) is 17.4 Å². The van der Waals surface area contributed by atoms with Gasteiger partial charge in [-0.3, -0.25) is 19.2 Å². The number of primary amides is 1. The van der Waals surface area contributed by atoms with E-state index in [0.29, 0.717) is 6.42 Å². The molecule has 0 spiro atoms. The summed E-state index contributed by atoms with van der Waals surface area (Å²) in [6.45, 7) is 4.35. The molecule has 0 bridgehead atoms. The number of nitrogens with one attached hydrogen (secondary N) is 3. The van der Waals surface area contributed by atoms with Gasteiger partial charge in [-0.15, -0.1) is 0 Å². The smallest absolute Gasteiger partial charge is 0.328 e. The molecule has 0 saturated heterocycles. The van der Waals surface area contributed by atoms with Gasteiger partial charge in [0.15, 0.2) is 6.04 Å². The lowest BCUT2D eigenvalue weighted by molar-refractivity contribution is -0.145. The minimum absolute atomic E-state index is 0.0967. The number of carbonyl (C=O) groups is 5. The number of rotatable bonds is 13. The van der Waals surface area contributed by atoms with Crippen molar-refractivity contribution in [3.63, 3.8) is 0 Å². The maximum absolute atomic E-state index is 12.3. The van der Waals surface area contributed by atoms with Crippen LogP contribution in [0.1, 0.15) is 40.0 Å². The van der Waals surface area contributed by atoms with Crippen molar-refractivity contribution in [1.29, 1.82) is 0 Å². The van der Waals surface area contributed by atoms with E-state index in [0.717, 1.165) is 0 Å². The number of aliphatic hydroxyl groups excluding tert-OH is 1. The summed E-state index contributed by atoms with van der Waals surface area (Å²) in [7, 11) is 0. The summed E-state index contributed by atoms with van der Waals surface area (Å²) in [4.78, 5) is 58.5. The van der Waals surface area contributed by atoms with E-state index in [4.69, 9.17) is 16.6 Å². The molecule has 5 atom stereocenters. The van der Waals surface area contributed by atoms with E-state index in [-0.39, 0.29) is 18.8 Å². The Kier molecular flexibility index (Phi) is 11.5. The average molecular weight is 417 g/mol. The molecule has 0 aromatic carbocycles. The van der Waals surface area contributed by atoms with Gasteiger partial charge in [-0.1, -0.05) is 20.3 Å². The fraction of sp³-hybridized carbons (Fsp3) is 0.706. The van der Waals surface area contributed by atoms with Crippen LogP contribution < -0.4 is 27.4 Å². The van der Waals surface area contributed by atoms with Gasteiger partial charge < -0.3 is 37.6 Å². The number of nitrogens with two attached hydrogens (primary N) is 2. The molecule has 0 aliphatic rings. The highest BCUT2D eigenvalue weighted by Crippen LogP contribution is 2.05. The Labute approximate surface area is 168 Å². The first kappa shape index (κ1) is 26.3. The fourth-order valence-electron chi connectivity index (χ4n) is 2.24. The number of hydrogen-bond acceptors (Lipinski definition) is 7. The van der Waals surface area contributed by atoms with Crippen LogP contribution in [0, 0.1) is 5.92 Å². The van der Waals surface area contributed by atoms with Crippen molar-refractivity contribution in [1.82, 2.24) is 16.0 Å². The van der Waals surface area contributed by atoms with E-state index in [1.807, 2.05) is 6.92 Å². The van der Waals surface area contributed by atoms with Crippen LogP contribution in [-0.2, 0) is 24.0 Å². The topological polar surface area (TPSA) is 214 Å². The Bertz CT molecular complexity index is 611. The average Bonchev–Trinajstić information content (AvgIpc) is 2.64. The molecule has 0 heterocycles. The zero-order valence-corrected chi connectivity index (χ0v) is 16.8. The summed E-state index contributed by atoms with van der Waals surface area (Å²) in [5.74, 6) is -4.50. The van der Waals surface area contributed by atoms with Crippen LogP contribution in [0.25, 0.3) is 0 Å². The van der Waals surface area contributed by atoms with Crippen molar-refractivity contribution < 1.29 is 34.2 Å². The van der Waals surface area contributed by atoms with Gasteiger partial charge in [0.2, 0.25) is 23.6 Å². The Balaban J connectivity index is 4.98. The van der Waals surface area contributed by atoms with Gasteiger partial charge >= 0.3 is 5.97 Å². The third kappa shape index (κ3) is 9.85. The molecule has 4 amide bonds. The van der Waals surface area contributed by atoms with E-state index in [2.05, 4.69) is 16.0 Å². The van der Waals surface area contributed by atoms with Crippen LogP contribution in [0.2, 0.25) is 0 Å². The largest absolute Gasteiger partial charge is 0.480 e. The zero-order valence-electron chi connectivity index (χ0n) is 16.8. The molecule has 0 fully saturated rings.